The Hall–Kier alpha value is -1.24. The van der Waals surface area contributed by atoms with Crippen LogP contribution >= 0.6 is 0 Å². The number of ether oxygens (including phenoxy) is 1. The molecule has 0 saturated carbocycles. The molecular formula is C8H11BO5. The van der Waals surface area contributed by atoms with Crippen molar-refractivity contribution in [3.8, 4) is 11.5 Å². The summed E-state index contributed by atoms with van der Waals surface area (Å²) in [6, 6.07) is 6.28. The largest absolute Gasteiger partial charge is 0.707 e. The Labute approximate surface area is 81.7 Å². The van der Waals surface area contributed by atoms with Crippen molar-refractivity contribution in [2.45, 2.75) is 0 Å². The molecule has 76 valence electrons. The quantitative estimate of drug-likeness (QED) is 0.551. The van der Waals surface area contributed by atoms with E-state index in [0.717, 1.165) is 0 Å². The summed E-state index contributed by atoms with van der Waals surface area (Å²) < 4.78 is 9.66. The maximum Gasteiger partial charge on any atom is 0.707 e. The Kier molecular flexibility index (Phi) is 4.25. The Morgan fingerprint density at radius 3 is 2.14 bits per heavy atom. The lowest BCUT2D eigenvalue weighted by Crippen LogP contribution is -2.20. The standard InChI is InChI=1S/C8H11BO5/c10-5-6-13-7-1-3-8(4-2-7)14-9(11)12/h1-4,10-12H,5-6H2. The summed E-state index contributed by atoms with van der Waals surface area (Å²) in [5.41, 5.74) is 0. The molecule has 0 spiro atoms. The molecule has 0 unspecified atom stereocenters. The van der Waals surface area contributed by atoms with Crippen LogP contribution in [-0.2, 0) is 0 Å². The first-order valence-corrected chi connectivity index (χ1v) is 4.09. The molecule has 0 aromatic heterocycles. The fraction of sp³-hybridized carbons (Fsp3) is 0.250. The van der Waals surface area contributed by atoms with Crippen LogP contribution in [0, 0.1) is 0 Å². The normalized spacial score (nSPS) is 9.64. The van der Waals surface area contributed by atoms with Gasteiger partial charge >= 0.3 is 7.32 Å². The lowest BCUT2D eigenvalue weighted by atomic mass is 10.2. The van der Waals surface area contributed by atoms with Crippen LogP contribution < -0.4 is 9.39 Å². The lowest BCUT2D eigenvalue weighted by Gasteiger charge is -2.06. The molecule has 5 nitrogen and oxygen atoms in total. The molecule has 0 saturated heterocycles. The minimum atomic E-state index is -1.82. The number of aliphatic hydroxyl groups is 1. The second-order valence-corrected chi connectivity index (χ2v) is 2.49. The van der Waals surface area contributed by atoms with E-state index >= 15 is 0 Å². The topological polar surface area (TPSA) is 79.2 Å². The smallest absolute Gasteiger partial charge is 0.512 e. The first-order chi connectivity index (χ1) is 6.72. The van der Waals surface area contributed by atoms with Crippen LogP contribution in [0.1, 0.15) is 0 Å². The molecule has 1 aromatic carbocycles. The van der Waals surface area contributed by atoms with E-state index in [1.807, 2.05) is 0 Å². The zero-order chi connectivity index (χ0) is 10.4. The van der Waals surface area contributed by atoms with Gasteiger partial charge in [0.05, 0.1) is 6.61 Å². The first-order valence-electron chi connectivity index (χ1n) is 4.09. The van der Waals surface area contributed by atoms with Gasteiger partial charge < -0.3 is 24.5 Å². The molecule has 0 radical (unpaired) electrons. The van der Waals surface area contributed by atoms with Crippen molar-refractivity contribution in [1.29, 1.82) is 0 Å². The molecule has 0 amide bonds. The third-order valence-corrected chi connectivity index (χ3v) is 1.43. The van der Waals surface area contributed by atoms with Crippen LogP contribution in [-0.4, -0.2) is 35.7 Å². The summed E-state index contributed by atoms with van der Waals surface area (Å²) in [6.07, 6.45) is 0. The summed E-state index contributed by atoms with van der Waals surface area (Å²) in [5, 5.41) is 25.5. The van der Waals surface area contributed by atoms with Crippen LogP contribution in [0.15, 0.2) is 24.3 Å². The molecule has 3 N–H and O–H groups in total. The van der Waals surface area contributed by atoms with Crippen molar-refractivity contribution in [2.75, 3.05) is 13.2 Å². The number of hydrogen-bond donors (Lipinski definition) is 3. The Balaban J connectivity index is 2.50. The minimum Gasteiger partial charge on any atom is -0.512 e. The van der Waals surface area contributed by atoms with E-state index in [4.69, 9.17) is 19.9 Å². The van der Waals surface area contributed by atoms with Crippen molar-refractivity contribution in [3.05, 3.63) is 24.3 Å². The summed E-state index contributed by atoms with van der Waals surface area (Å²) in [4.78, 5) is 0. The van der Waals surface area contributed by atoms with Crippen LogP contribution in [0.5, 0.6) is 11.5 Å². The number of hydrogen-bond acceptors (Lipinski definition) is 5. The van der Waals surface area contributed by atoms with Crippen LogP contribution in [0.25, 0.3) is 0 Å². The second kappa shape index (κ2) is 5.49. The lowest BCUT2D eigenvalue weighted by molar-refractivity contribution is 0.201. The average Bonchev–Trinajstić information content (AvgIpc) is 2.16. The number of rotatable bonds is 5. The molecule has 0 fully saturated rings. The highest BCUT2D eigenvalue weighted by molar-refractivity contribution is 6.33. The molecule has 0 atom stereocenters. The number of aliphatic hydroxyl groups excluding tert-OH is 1. The van der Waals surface area contributed by atoms with Crippen molar-refractivity contribution in [3.63, 3.8) is 0 Å². The highest BCUT2D eigenvalue weighted by atomic mass is 16.6. The van der Waals surface area contributed by atoms with Crippen LogP contribution in [0.3, 0.4) is 0 Å². The predicted molar refractivity (Wildman–Crippen MR) is 49.8 cm³/mol. The van der Waals surface area contributed by atoms with E-state index in [-0.39, 0.29) is 13.2 Å². The van der Waals surface area contributed by atoms with E-state index in [9.17, 15) is 0 Å². The second-order valence-electron chi connectivity index (χ2n) is 2.49. The minimum absolute atomic E-state index is 0.0480. The average molecular weight is 198 g/mol. The molecule has 1 aromatic rings. The molecule has 0 bridgehead atoms. The maximum atomic E-state index is 8.49. The van der Waals surface area contributed by atoms with Gasteiger partial charge in [0.2, 0.25) is 0 Å². The Morgan fingerprint density at radius 1 is 1.07 bits per heavy atom. The van der Waals surface area contributed by atoms with Gasteiger partial charge in [-0.2, -0.15) is 0 Å². The third-order valence-electron chi connectivity index (χ3n) is 1.43. The predicted octanol–water partition coefficient (Wildman–Crippen LogP) is -0.594. The van der Waals surface area contributed by atoms with E-state index in [1.165, 1.54) is 12.1 Å². The molecule has 0 heterocycles. The van der Waals surface area contributed by atoms with E-state index in [0.29, 0.717) is 11.5 Å². The summed E-state index contributed by atoms with van der Waals surface area (Å²) in [5.74, 6) is 0.912. The van der Waals surface area contributed by atoms with Gasteiger partial charge in [0.1, 0.15) is 18.1 Å². The molecule has 14 heavy (non-hydrogen) atoms. The highest BCUT2D eigenvalue weighted by Gasteiger charge is 2.10. The third kappa shape index (κ3) is 3.65. The molecule has 0 aliphatic heterocycles. The fourth-order valence-electron chi connectivity index (χ4n) is 0.900. The maximum absolute atomic E-state index is 8.49. The van der Waals surface area contributed by atoms with Gasteiger partial charge in [0, 0.05) is 0 Å². The van der Waals surface area contributed by atoms with Crippen molar-refractivity contribution in [2.24, 2.45) is 0 Å². The molecule has 6 heteroatoms. The van der Waals surface area contributed by atoms with E-state index in [2.05, 4.69) is 4.65 Å². The van der Waals surface area contributed by atoms with Crippen LogP contribution in [0.2, 0.25) is 0 Å². The van der Waals surface area contributed by atoms with Crippen molar-refractivity contribution >= 4 is 7.32 Å². The van der Waals surface area contributed by atoms with Crippen LogP contribution in [0.4, 0.5) is 0 Å². The van der Waals surface area contributed by atoms with Gasteiger partial charge in [0.25, 0.3) is 0 Å². The summed E-state index contributed by atoms with van der Waals surface area (Å²) >= 11 is 0. The summed E-state index contributed by atoms with van der Waals surface area (Å²) in [7, 11) is -1.82. The number of benzene rings is 1. The first kappa shape index (κ1) is 10.8. The molecule has 0 aliphatic carbocycles. The van der Waals surface area contributed by atoms with Crippen molar-refractivity contribution in [1.82, 2.24) is 0 Å². The summed E-state index contributed by atoms with van der Waals surface area (Å²) in [6.45, 7) is 0.177. The monoisotopic (exact) mass is 198 g/mol. The Morgan fingerprint density at radius 2 is 1.64 bits per heavy atom. The Bertz CT molecular complexity index is 261. The van der Waals surface area contributed by atoms with Gasteiger partial charge in [-0.1, -0.05) is 0 Å². The zero-order valence-electron chi connectivity index (χ0n) is 7.46. The SMILES string of the molecule is OCCOc1ccc(OB(O)O)cc1. The molecular weight excluding hydrogens is 187 g/mol. The van der Waals surface area contributed by atoms with Gasteiger partial charge in [-0.15, -0.1) is 0 Å². The van der Waals surface area contributed by atoms with Gasteiger partial charge in [-0.3, -0.25) is 0 Å². The van der Waals surface area contributed by atoms with Gasteiger partial charge in [-0.05, 0) is 24.3 Å². The fourth-order valence-corrected chi connectivity index (χ4v) is 0.900. The highest BCUT2D eigenvalue weighted by Crippen LogP contribution is 2.17. The van der Waals surface area contributed by atoms with Gasteiger partial charge in [-0.25, -0.2) is 0 Å². The van der Waals surface area contributed by atoms with E-state index in [1.54, 1.807) is 12.1 Å². The van der Waals surface area contributed by atoms with Crippen molar-refractivity contribution < 1.29 is 24.5 Å². The zero-order valence-corrected chi connectivity index (χ0v) is 7.46. The van der Waals surface area contributed by atoms with E-state index < -0.39 is 7.32 Å². The molecule has 0 aliphatic rings. The molecule has 1 rings (SSSR count). The van der Waals surface area contributed by atoms with Gasteiger partial charge in [0.15, 0.2) is 0 Å².